The first-order valence-electron chi connectivity index (χ1n) is 6.36. The van der Waals surface area contributed by atoms with Crippen LogP contribution in [0, 0.1) is 0 Å². The first-order chi connectivity index (χ1) is 9.49. The minimum absolute atomic E-state index is 0.161. The Morgan fingerprint density at radius 2 is 2.05 bits per heavy atom. The van der Waals surface area contributed by atoms with Gasteiger partial charge in [0.2, 0.25) is 11.9 Å². The molecule has 0 aliphatic carbocycles. The van der Waals surface area contributed by atoms with Crippen molar-refractivity contribution in [3.8, 4) is 11.3 Å². The lowest BCUT2D eigenvalue weighted by Crippen LogP contribution is -2.30. The Kier molecular flexibility index (Phi) is 3.05. The van der Waals surface area contributed by atoms with Crippen molar-refractivity contribution in [2.24, 2.45) is 7.05 Å². The van der Waals surface area contributed by atoms with E-state index in [0.29, 0.717) is 12.4 Å². The minimum atomic E-state index is 0.161. The SMILES string of the molecule is CN1C(=O)CCc2cc(-c3nc(N)n(C)c3Br)ccc21. The van der Waals surface area contributed by atoms with E-state index < -0.39 is 0 Å². The van der Waals surface area contributed by atoms with Crippen LogP contribution in [0.3, 0.4) is 0 Å². The Hall–Kier alpha value is -1.82. The number of carbonyl (C=O) groups is 1. The molecular formula is C14H15BrN4O. The number of anilines is 2. The van der Waals surface area contributed by atoms with E-state index in [1.807, 2.05) is 26.2 Å². The molecule has 0 spiro atoms. The number of benzene rings is 1. The number of rotatable bonds is 1. The molecular weight excluding hydrogens is 320 g/mol. The molecule has 1 amide bonds. The van der Waals surface area contributed by atoms with Gasteiger partial charge in [0, 0.05) is 31.8 Å². The summed E-state index contributed by atoms with van der Waals surface area (Å²) in [6, 6.07) is 6.03. The maximum atomic E-state index is 11.7. The third-order valence-corrected chi connectivity index (χ3v) is 4.66. The van der Waals surface area contributed by atoms with Gasteiger partial charge in [-0.2, -0.15) is 0 Å². The molecule has 0 radical (unpaired) electrons. The molecule has 20 heavy (non-hydrogen) atoms. The van der Waals surface area contributed by atoms with Gasteiger partial charge in [-0.3, -0.25) is 4.79 Å². The van der Waals surface area contributed by atoms with E-state index in [1.165, 1.54) is 5.56 Å². The van der Waals surface area contributed by atoms with Crippen molar-refractivity contribution in [1.82, 2.24) is 9.55 Å². The van der Waals surface area contributed by atoms with Crippen molar-refractivity contribution < 1.29 is 4.79 Å². The standard InChI is InChI=1S/C14H15BrN4O/c1-18-10-5-3-9(7-8(10)4-6-11(18)20)12-13(15)19(2)14(16)17-12/h3,5,7H,4,6H2,1-2H3,(H2,16,17). The first kappa shape index (κ1) is 13.2. The number of nitrogens with zero attached hydrogens (tertiary/aromatic N) is 3. The number of aromatic nitrogens is 2. The van der Waals surface area contributed by atoms with Crippen LogP contribution in [0.4, 0.5) is 11.6 Å². The summed E-state index contributed by atoms with van der Waals surface area (Å²) in [6.07, 6.45) is 1.32. The highest BCUT2D eigenvalue weighted by molar-refractivity contribution is 9.10. The first-order valence-corrected chi connectivity index (χ1v) is 7.16. The number of halogens is 1. The van der Waals surface area contributed by atoms with E-state index in [9.17, 15) is 4.79 Å². The Labute approximate surface area is 125 Å². The fraction of sp³-hybridized carbons (Fsp3) is 0.286. The zero-order chi connectivity index (χ0) is 14.4. The molecule has 1 aromatic carbocycles. The Morgan fingerprint density at radius 3 is 2.70 bits per heavy atom. The summed E-state index contributed by atoms with van der Waals surface area (Å²) in [5, 5.41) is 0. The van der Waals surface area contributed by atoms with E-state index in [2.05, 4.69) is 27.0 Å². The van der Waals surface area contributed by atoms with Crippen molar-refractivity contribution in [1.29, 1.82) is 0 Å². The van der Waals surface area contributed by atoms with Crippen LogP contribution in [0.2, 0.25) is 0 Å². The summed E-state index contributed by atoms with van der Waals surface area (Å²) < 4.78 is 2.65. The Morgan fingerprint density at radius 1 is 1.30 bits per heavy atom. The van der Waals surface area contributed by atoms with E-state index in [1.54, 1.807) is 9.47 Å². The highest BCUT2D eigenvalue weighted by Crippen LogP contribution is 2.34. The summed E-state index contributed by atoms with van der Waals surface area (Å²) in [7, 11) is 3.68. The summed E-state index contributed by atoms with van der Waals surface area (Å²) in [5.41, 5.74) is 9.80. The Bertz CT molecular complexity index is 707. The highest BCUT2D eigenvalue weighted by atomic mass is 79.9. The van der Waals surface area contributed by atoms with Gasteiger partial charge in [0.15, 0.2) is 0 Å². The molecule has 2 N–H and O–H groups in total. The van der Waals surface area contributed by atoms with Gasteiger partial charge in [-0.1, -0.05) is 6.07 Å². The van der Waals surface area contributed by atoms with Crippen LogP contribution in [0.5, 0.6) is 0 Å². The molecule has 3 rings (SSSR count). The maximum absolute atomic E-state index is 11.7. The lowest BCUT2D eigenvalue weighted by molar-refractivity contribution is -0.118. The van der Waals surface area contributed by atoms with Crippen LogP contribution in [-0.2, 0) is 18.3 Å². The van der Waals surface area contributed by atoms with Gasteiger partial charge in [-0.25, -0.2) is 4.98 Å². The third kappa shape index (κ3) is 1.91. The molecule has 1 aliphatic rings. The predicted molar refractivity (Wildman–Crippen MR) is 82.5 cm³/mol. The number of imidazole rings is 1. The average molecular weight is 335 g/mol. The van der Waals surface area contributed by atoms with Crippen molar-refractivity contribution in [2.75, 3.05) is 17.7 Å². The molecule has 6 heteroatoms. The second-order valence-corrected chi connectivity index (χ2v) is 5.72. The Balaban J connectivity index is 2.09. The number of nitrogens with two attached hydrogens (primary N) is 1. The summed E-state index contributed by atoms with van der Waals surface area (Å²) in [6.45, 7) is 0. The average Bonchev–Trinajstić information content (AvgIpc) is 2.70. The van der Waals surface area contributed by atoms with Crippen LogP contribution >= 0.6 is 15.9 Å². The molecule has 2 heterocycles. The molecule has 1 aliphatic heterocycles. The number of hydrogen-bond donors (Lipinski definition) is 1. The molecule has 0 saturated carbocycles. The maximum Gasteiger partial charge on any atom is 0.227 e. The second kappa shape index (κ2) is 4.63. The minimum Gasteiger partial charge on any atom is -0.369 e. The monoisotopic (exact) mass is 334 g/mol. The molecule has 0 fully saturated rings. The fourth-order valence-electron chi connectivity index (χ4n) is 2.48. The molecule has 5 nitrogen and oxygen atoms in total. The largest absolute Gasteiger partial charge is 0.369 e. The van der Waals surface area contributed by atoms with E-state index in [-0.39, 0.29) is 5.91 Å². The highest BCUT2D eigenvalue weighted by Gasteiger charge is 2.22. The lowest BCUT2D eigenvalue weighted by Gasteiger charge is -2.26. The summed E-state index contributed by atoms with van der Waals surface area (Å²) in [5.74, 6) is 0.630. The third-order valence-electron chi connectivity index (χ3n) is 3.76. The smallest absolute Gasteiger partial charge is 0.227 e. The van der Waals surface area contributed by atoms with Crippen LogP contribution in [0.15, 0.2) is 22.8 Å². The topological polar surface area (TPSA) is 64.2 Å². The number of amides is 1. The van der Waals surface area contributed by atoms with Gasteiger partial charge in [0.1, 0.15) is 10.3 Å². The number of aryl methyl sites for hydroxylation is 1. The summed E-state index contributed by atoms with van der Waals surface area (Å²) in [4.78, 5) is 17.8. The van der Waals surface area contributed by atoms with Gasteiger partial charge in [-0.05, 0) is 40.0 Å². The van der Waals surface area contributed by atoms with Gasteiger partial charge in [-0.15, -0.1) is 0 Å². The molecule has 0 bridgehead atoms. The van der Waals surface area contributed by atoms with Crippen molar-refractivity contribution in [2.45, 2.75) is 12.8 Å². The zero-order valence-electron chi connectivity index (χ0n) is 11.4. The number of hydrogen-bond acceptors (Lipinski definition) is 3. The second-order valence-electron chi connectivity index (χ2n) is 4.96. The van der Waals surface area contributed by atoms with Crippen molar-refractivity contribution in [3.63, 3.8) is 0 Å². The molecule has 0 saturated heterocycles. The van der Waals surface area contributed by atoms with Crippen molar-refractivity contribution in [3.05, 3.63) is 28.4 Å². The predicted octanol–water partition coefficient (Wildman–Crippen LogP) is 2.34. The normalized spacial score (nSPS) is 14.6. The van der Waals surface area contributed by atoms with Crippen LogP contribution in [0.1, 0.15) is 12.0 Å². The van der Waals surface area contributed by atoms with E-state index in [4.69, 9.17) is 5.73 Å². The van der Waals surface area contributed by atoms with Crippen molar-refractivity contribution >= 4 is 33.5 Å². The number of nitrogen functional groups attached to an aromatic ring is 1. The molecule has 0 unspecified atom stereocenters. The van der Waals surface area contributed by atoms with Gasteiger partial charge < -0.3 is 15.2 Å². The molecule has 1 aromatic heterocycles. The zero-order valence-corrected chi connectivity index (χ0v) is 12.9. The lowest BCUT2D eigenvalue weighted by atomic mass is 9.98. The van der Waals surface area contributed by atoms with Crippen LogP contribution in [-0.4, -0.2) is 22.5 Å². The molecule has 0 atom stereocenters. The summed E-state index contributed by atoms with van der Waals surface area (Å²) >= 11 is 3.51. The molecule has 2 aromatic rings. The van der Waals surface area contributed by atoms with E-state index in [0.717, 1.165) is 28.0 Å². The van der Waals surface area contributed by atoms with Crippen LogP contribution < -0.4 is 10.6 Å². The van der Waals surface area contributed by atoms with Gasteiger partial charge in [0.05, 0.1) is 0 Å². The van der Waals surface area contributed by atoms with Crippen LogP contribution in [0.25, 0.3) is 11.3 Å². The van der Waals surface area contributed by atoms with Gasteiger partial charge in [0.25, 0.3) is 0 Å². The van der Waals surface area contributed by atoms with E-state index >= 15 is 0 Å². The quantitative estimate of drug-likeness (QED) is 0.870. The number of carbonyl (C=O) groups excluding carboxylic acids is 1. The van der Waals surface area contributed by atoms with Gasteiger partial charge >= 0.3 is 0 Å². The fourth-order valence-corrected chi connectivity index (χ4v) is 2.98. The molecule has 104 valence electrons. The number of fused-ring (bicyclic) bond motifs is 1.